The first-order valence-corrected chi connectivity index (χ1v) is 6.99. The van der Waals surface area contributed by atoms with Crippen LogP contribution in [0.4, 0.5) is 4.79 Å². The molecule has 0 unspecified atom stereocenters. The molecule has 0 aliphatic heterocycles. The van der Waals surface area contributed by atoms with Crippen LogP contribution in [-0.4, -0.2) is 40.3 Å². The summed E-state index contributed by atoms with van der Waals surface area (Å²) in [6.45, 7) is 4.62. The van der Waals surface area contributed by atoms with Crippen molar-refractivity contribution in [3.8, 4) is 12.1 Å². The van der Waals surface area contributed by atoms with Crippen molar-refractivity contribution in [2.45, 2.75) is 38.8 Å². The van der Waals surface area contributed by atoms with Crippen LogP contribution in [0.25, 0.3) is 0 Å². The second-order valence-corrected chi connectivity index (χ2v) is 5.70. The molecular formula is C15H17N5O4. The van der Waals surface area contributed by atoms with Crippen LogP contribution in [0.3, 0.4) is 0 Å². The van der Waals surface area contributed by atoms with Crippen molar-refractivity contribution in [3.05, 3.63) is 23.8 Å². The average molecular weight is 331 g/mol. The van der Waals surface area contributed by atoms with Crippen molar-refractivity contribution in [2.24, 2.45) is 0 Å². The van der Waals surface area contributed by atoms with Gasteiger partial charge in [-0.1, -0.05) is 0 Å². The third-order valence-corrected chi connectivity index (χ3v) is 2.50. The van der Waals surface area contributed by atoms with Gasteiger partial charge in [0.25, 0.3) is 0 Å². The van der Waals surface area contributed by atoms with Gasteiger partial charge in [0.2, 0.25) is 5.82 Å². The Morgan fingerprint density at radius 3 is 2.42 bits per heavy atom. The molecular weight excluding hydrogens is 314 g/mol. The lowest BCUT2D eigenvalue weighted by Gasteiger charge is -2.22. The molecule has 0 aliphatic carbocycles. The van der Waals surface area contributed by atoms with E-state index in [0.717, 1.165) is 0 Å². The first kappa shape index (κ1) is 18.8. The molecule has 0 saturated heterocycles. The summed E-state index contributed by atoms with van der Waals surface area (Å²) in [5, 5.41) is 19.6. The summed E-state index contributed by atoms with van der Waals surface area (Å²) in [5.74, 6) is -0.797. The van der Waals surface area contributed by atoms with Gasteiger partial charge in [-0.25, -0.2) is 19.6 Å². The molecule has 1 aromatic rings. The Balaban J connectivity index is 2.84. The molecule has 0 aromatic carbocycles. The molecule has 126 valence electrons. The Hall–Kier alpha value is -3.20. The molecule has 9 nitrogen and oxygen atoms in total. The van der Waals surface area contributed by atoms with Crippen LogP contribution < -0.4 is 5.32 Å². The molecule has 1 heterocycles. The number of nitrogens with zero attached hydrogens (tertiary/aromatic N) is 4. The SMILES string of the molecule is CC(C)(C)OC(=O)N[C@@H](Cc1cnc(C#N)nc1)C(=O)OCC#N. The molecule has 0 bridgehead atoms. The van der Waals surface area contributed by atoms with Crippen molar-refractivity contribution in [1.29, 1.82) is 10.5 Å². The molecule has 1 atom stereocenters. The Bertz CT molecular complexity index is 667. The number of nitriles is 2. The first-order chi connectivity index (χ1) is 11.2. The maximum atomic E-state index is 12.0. The summed E-state index contributed by atoms with van der Waals surface area (Å²) < 4.78 is 9.84. The number of carbonyl (C=O) groups is 2. The monoisotopic (exact) mass is 331 g/mol. The number of esters is 1. The zero-order valence-corrected chi connectivity index (χ0v) is 13.6. The van der Waals surface area contributed by atoms with Crippen molar-refractivity contribution < 1.29 is 19.1 Å². The quantitative estimate of drug-likeness (QED) is 0.784. The zero-order valence-electron chi connectivity index (χ0n) is 13.6. The molecule has 9 heteroatoms. The van der Waals surface area contributed by atoms with Gasteiger partial charge in [0.05, 0.1) is 0 Å². The Morgan fingerprint density at radius 1 is 1.29 bits per heavy atom. The lowest BCUT2D eigenvalue weighted by molar-refractivity contribution is -0.144. The van der Waals surface area contributed by atoms with E-state index in [9.17, 15) is 9.59 Å². The largest absolute Gasteiger partial charge is 0.449 e. The van der Waals surface area contributed by atoms with Crippen LogP contribution in [0.2, 0.25) is 0 Å². The second kappa shape index (κ2) is 8.44. The lowest BCUT2D eigenvalue weighted by Crippen LogP contribution is -2.45. The summed E-state index contributed by atoms with van der Waals surface area (Å²) in [7, 11) is 0. The number of amides is 1. The van der Waals surface area contributed by atoms with Gasteiger partial charge in [-0.2, -0.15) is 10.5 Å². The minimum atomic E-state index is -1.08. The topological polar surface area (TPSA) is 138 Å². The van der Waals surface area contributed by atoms with Gasteiger partial charge in [0.1, 0.15) is 23.8 Å². The highest BCUT2D eigenvalue weighted by atomic mass is 16.6. The molecule has 0 spiro atoms. The van der Waals surface area contributed by atoms with Crippen molar-refractivity contribution in [3.63, 3.8) is 0 Å². The predicted molar refractivity (Wildman–Crippen MR) is 80.2 cm³/mol. The number of carbonyl (C=O) groups excluding carboxylic acids is 2. The predicted octanol–water partition coefficient (Wildman–Crippen LogP) is 0.851. The van der Waals surface area contributed by atoms with Crippen LogP contribution in [0.5, 0.6) is 0 Å². The van der Waals surface area contributed by atoms with E-state index in [0.29, 0.717) is 5.56 Å². The van der Waals surface area contributed by atoms with E-state index in [1.807, 2.05) is 0 Å². The van der Waals surface area contributed by atoms with E-state index in [1.54, 1.807) is 32.9 Å². The maximum Gasteiger partial charge on any atom is 0.408 e. The van der Waals surface area contributed by atoms with Gasteiger partial charge in [-0.3, -0.25) is 0 Å². The van der Waals surface area contributed by atoms with E-state index >= 15 is 0 Å². The van der Waals surface area contributed by atoms with Crippen LogP contribution in [0.1, 0.15) is 32.2 Å². The molecule has 1 N–H and O–H groups in total. The second-order valence-electron chi connectivity index (χ2n) is 5.70. The highest BCUT2D eigenvalue weighted by Gasteiger charge is 2.26. The van der Waals surface area contributed by atoms with Crippen molar-refractivity contribution in [1.82, 2.24) is 15.3 Å². The number of hydrogen-bond acceptors (Lipinski definition) is 8. The van der Waals surface area contributed by atoms with Crippen LogP contribution in [0, 0.1) is 22.7 Å². The summed E-state index contributed by atoms with van der Waals surface area (Å²) in [6, 6.07) is 2.37. The third-order valence-electron chi connectivity index (χ3n) is 2.50. The highest BCUT2D eigenvalue weighted by Crippen LogP contribution is 2.09. The molecule has 0 aliphatic rings. The summed E-state index contributed by atoms with van der Waals surface area (Å²) >= 11 is 0. The van der Waals surface area contributed by atoms with Crippen LogP contribution in [0.15, 0.2) is 12.4 Å². The van der Waals surface area contributed by atoms with E-state index in [2.05, 4.69) is 15.3 Å². The third kappa shape index (κ3) is 6.71. The van der Waals surface area contributed by atoms with Gasteiger partial charge in [-0.15, -0.1) is 0 Å². The van der Waals surface area contributed by atoms with Gasteiger partial charge in [0, 0.05) is 18.8 Å². The highest BCUT2D eigenvalue weighted by molar-refractivity contribution is 5.81. The number of hydrogen-bond donors (Lipinski definition) is 1. The fraction of sp³-hybridized carbons (Fsp3) is 0.467. The fourth-order valence-corrected chi connectivity index (χ4v) is 1.60. The smallest absolute Gasteiger partial charge is 0.408 e. The van der Waals surface area contributed by atoms with Crippen molar-refractivity contribution in [2.75, 3.05) is 6.61 Å². The van der Waals surface area contributed by atoms with E-state index in [4.69, 9.17) is 20.0 Å². The van der Waals surface area contributed by atoms with E-state index in [-0.39, 0.29) is 12.2 Å². The van der Waals surface area contributed by atoms with Gasteiger partial charge in [0.15, 0.2) is 6.61 Å². The number of nitrogens with one attached hydrogen (secondary N) is 1. The normalized spacial score (nSPS) is 11.5. The van der Waals surface area contributed by atoms with E-state index < -0.39 is 30.3 Å². The molecule has 0 saturated carbocycles. The van der Waals surface area contributed by atoms with Gasteiger partial charge >= 0.3 is 12.1 Å². The van der Waals surface area contributed by atoms with Crippen molar-refractivity contribution >= 4 is 12.1 Å². The summed E-state index contributed by atoms with van der Waals surface area (Å²) in [5.41, 5.74) is -0.230. The molecule has 1 rings (SSSR count). The molecule has 0 radical (unpaired) electrons. The Morgan fingerprint density at radius 2 is 1.92 bits per heavy atom. The molecule has 1 aromatic heterocycles. The number of rotatable bonds is 5. The van der Waals surface area contributed by atoms with Crippen LogP contribution >= 0.6 is 0 Å². The van der Waals surface area contributed by atoms with E-state index in [1.165, 1.54) is 12.4 Å². The Labute approximate surface area is 139 Å². The average Bonchev–Trinajstić information content (AvgIpc) is 2.50. The number of ether oxygens (including phenoxy) is 2. The minimum absolute atomic E-state index is 0.0116. The maximum absolute atomic E-state index is 12.0. The zero-order chi connectivity index (χ0) is 18.2. The first-order valence-electron chi connectivity index (χ1n) is 6.99. The molecule has 1 amide bonds. The number of alkyl carbamates (subject to hydrolysis) is 1. The molecule has 24 heavy (non-hydrogen) atoms. The standard InChI is InChI=1S/C15H17N5O4/c1-15(2,3)24-14(22)20-11(13(21)23-5-4-16)6-10-8-18-12(7-17)19-9-10/h8-9,11H,5-6H2,1-3H3,(H,20,22)/t11-/m0/s1. The number of aromatic nitrogens is 2. The molecule has 0 fully saturated rings. The fourth-order valence-electron chi connectivity index (χ4n) is 1.60. The van der Waals surface area contributed by atoms with Gasteiger partial charge in [-0.05, 0) is 26.3 Å². The lowest BCUT2D eigenvalue weighted by atomic mass is 10.1. The summed E-state index contributed by atoms with van der Waals surface area (Å²) in [6.07, 6.45) is 1.96. The Kier molecular flexibility index (Phi) is 6.63. The van der Waals surface area contributed by atoms with Gasteiger partial charge < -0.3 is 14.8 Å². The summed E-state index contributed by atoms with van der Waals surface area (Å²) in [4.78, 5) is 31.4. The minimum Gasteiger partial charge on any atom is -0.449 e. The van der Waals surface area contributed by atoms with Crippen LogP contribution in [-0.2, 0) is 20.7 Å².